The van der Waals surface area contributed by atoms with E-state index in [-0.39, 0.29) is 18.4 Å². The summed E-state index contributed by atoms with van der Waals surface area (Å²) in [6.45, 7) is 2.20. The van der Waals surface area contributed by atoms with Crippen LogP contribution in [0.1, 0.15) is 12.5 Å². The van der Waals surface area contributed by atoms with E-state index in [4.69, 9.17) is 11.6 Å². The molecule has 0 aliphatic carbocycles. The molecule has 0 saturated carbocycles. The van der Waals surface area contributed by atoms with Crippen molar-refractivity contribution >= 4 is 22.9 Å². The standard InChI is InChI=1S/C17H17ClN2.ClH/c1-13-16(14-9-5-3-6-10-14)17(18)20(19(13)2)15-11-7-4-8-12-15;/h3-13H,1-2H3;1H. The minimum atomic E-state index is 0. The van der Waals surface area contributed by atoms with E-state index >= 15 is 0 Å². The van der Waals surface area contributed by atoms with Crippen molar-refractivity contribution < 1.29 is 17.4 Å². The molecule has 2 unspecified atom stereocenters. The molecule has 4 heteroatoms. The molecule has 1 aliphatic rings. The summed E-state index contributed by atoms with van der Waals surface area (Å²) in [4.78, 5) is 0. The molecule has 2 nitrogen and oxygen atoms in total. The zero-order valence-electron chi connectivity index (χ0n) is 12.1. The van der Waals surface area contributed by atoms with Gasteiger partial charge in [0.15, 0.2) is 5.69 Å². The maximum absolute atomic E-state index is 6.70. The van der Waals surface area contributed by atoms with Crippen molar-refractivity contribution in [1.82, 2.24) is 5.01 Å². The summed E-state index contributed by atoms with van der Waals surface area (Å²) < 4.78 is 0. The minimum Gasteiger partial charge on any atom is -1.00 e. The van der Waals surface area contributed by atoms with Gasteiger partial charge in [-0.25, -0.2) is 0 Å². The topological polar surface area (TPSA) is 7.68 Å². The third kappa shape index (κ3) is 2.85. The molecule has 0 radical (unpaired) electrons. The van der Waals surface area contributed by atoms with Crippen molar-refractivity contribution in [3.05, 3.63) is 71.4 Å². The number of quaternary nitrogens is 1. The Labute approximate surface area is 137 Å². The predicted molar refractivity (Wildman–Crippen MR) is 83.5 cm³/mol. The van der Waals surface area contributed by atoms with Crippen LogP contribution in [0.5, 0.6) is 0 Å². The Morgan fingerprint density at radius 2 is 1.48 bits per heavy atom. The number of halogens is 2. The number of benzene rings is 2. The van der Waals surface area contributed by atoms with Gasteiger partial charge >= 0.3 is 0 Å². The van der Waals surface area contributed by atoms with E-state index in [1.54, 1.807) is 0 Å². The quantitative estimate of drug-likeness (QED) is 0.769. The van der Waals surface area contributed by atoms with E-state index in [1.165, 1.54) is 11.1 Å². The molecule has 2 aromatic rings. The van der Waals surface area contributed by atoms with Crippen molar-refractivity contribution in [2.45, 2.75) is 13.0 Å². The van der Waals surface area contributed by atoms with Crippen molar-refractivity contribution in [2.75, 3.05) is 7.05 Å². The lowest BCUT2D eigenvalue weighted by Crippen LogP contribution is -3.09. The van der Waals surface area contributed by atoms with Gasteiger partial charge in [-0.15, -0.1) is 5.01 Å². The maximum atomic E-state index is 6.70. The van der Waals surface area contributed by atoms with Gasteiger partial charge in [0.05, 0.1) is 11.6 Å². The Bertz CT molecular complexity index is 626. The first kappa shape index (κ1) is 16.1. The Kier molecular flexibility index (Phi) is 5.07. The number of para-hydroxylation sites is 1. The highest BCUT2D eigenvalue weighted by Crippen LogP contribution is 2.29. The molecule has 2 aromatic carbocycles. The van der Waals surface area contributed by atoms with Crippen LogP contribution in [0.15, 0.2) is 65.8 Å². The highest BCUT2D eigenvalue weighted by molar-refractivity contribution is 6.31. The van der Waals surface area contributed by atoms with Crippen molar-refractivity contribution in [1.29, 1.82) is 0 Å². The summed E-state index contributed by atoms with van der Waals surface area (Å²) in [5.74, 6) is 0. The van der Waals surface area contributed by atoms with Crippen LogP contribution in [0.3, 0.4) is 0 Å². The van der Waals surface area contributed by atoms with Gasteiger partial charge in [0.2, 0.25) is 5.16 Å². The predicted octanol–water partition coefficient (Wildman–Crippen LogP) is 0.0635. The van der Waals surface area contributed by atoms with Crippen LogP contribution in [0.25, 0.3) is 5.57 Å². The fourth-order valence-corrected chi connectivity index (χ4v) is 3.27. The van der Waals surface area contributed by atoms with Gasteiger partial charge in [-0.3, -0.25) is 0 Å². The first-order valence-electron chi connectivity index (χ1n) is 6.81. The minimum absolute atomic E-state index is 0. The van der Waals surface area contributed by atoms with Crippen molar-refractivity contribution in [3.8, 4) is 0 Å². The van der Waals surface area contributed by atoms with Crippen LogP contribution in [0, 0.1) is 0 Å². The van der Waals surface area contributed by atoms with Gasteiger partial charge in [-0.05, 0) is 24.1 Å². The second kappa shape index (κ2) is 6.63. The van der Waals surface area contributed by atoms with Gasteiger partial charge < -0.3 is 12.4 Å². The lowest BCUT2D eigenvalue weighted by molar-refractivity contribution is -0.908. The molecule has 2 atom stereocenters. The highest BCUT2D eigenvalue weighted by Gasteiger charge is 2.40. The van der Waals surface area contributed by atoms with Crippen LogP contribution in [-0.2, 0) is 0 Å². The SMILES string of the molecule is CC1C(c2ccccc2)=C(Cl)[NH+](c2ccccc2)N1C.[Cl-]. The van der Waals surface area contributed by atoms with E-state index in [2.05, 4.69) is 55.4 Å². The largest absolute Gasteiger partial charge is 1.00 e. The van der Waals surface area contributed by atoms with Crippen LogP contribution in [0.2, 0.25) is 0 Å². The number of hydrogen-bond donors (Lipinski definition) is 1. The van der Waals surface area contributed by atoms with E-state index in [1.807, 2.05) is 24.3 Å². The maximum Gasteiger partial charge on any atom is 0.230 e. The van der Waals surface area contributed by atoms with Gasteiger partial charge in [0, 0.05) is 19.2 Å². The van der Waals surface area contributed by atoms with Gasteiger partial charge in [0.25, 0.3) is 0 Å². The molecular weight excluding hydrogens is 303 g/mol. The lowest BCUT2D eigenvalue weighted by Gasteiger charge is -2.23. The summed E-state index contributed by atoms with van der Waals surface area (Å²) in [5, 5.41) is 4.22. The van der Waals surface area contributed by atoms with E-state index in [0.29, 0.717) is 0 Å². The molecule has 1 heterocycles. The third-order valence-electron chi connectivity index (χ3n) is 3.93. The Balaban J connectivity index is 0.00000161. The van der Waals surface area contributed by atoms with E-state index in [9.17, 15) is 0 Å². The third-order valence-corrected chi connectivity index (χ3v) is 4.31. The number of likely N-dealkylation sites (N-methyl/N-ethyl adjacent to an activating group) is 1. The summed E-state index contributed by atoms with van der Waals surface area (Å²) in [5.41, 5.74) is 3.56. The summed E-state index contributed by atoms with van der Waals surface area (Å²) in [6, 6.07) is 21.0. The van der Waals surface area contributed by atoms with Crippen LogP contribution in [-0.4, -0.2) is 18.1 Å². The zero-order chi connectivity index (χ0) is 14.1. The molecule has 21 heavy (non-hydrogen) atoms. The second-order valence-electron chi connectivity index (χ2n) is 5.10. The van der Waals surface area contributed by atoms with Crippen LogP contribution >= 0.6 is 11.6 Å². The van der Waals surface area contributed by atoms with Gasteiger partial charge in [-0.2, -0.15) is 5.01 Å². The molecule has 0 spiro atoms. The number of rotatable bonds is 2. The molecule has 110 valence electrons. The highest BCUT2D eigenvalue weighted by atomic mass is 35.5. The smallest absolute Gasteiger partial charge is 0.230 e. The Morgan fingerprint density at radius 1 is 0.952 bits per heavy atom. The van der Waals surface area contributed by atoms with Crippen LogP contribution < -0.4 is 17.4 Å². The first-order chi connectivity index (χ1) is 9.70. The van der Waals surface area contributed by atoms with Crippen LogP contribution in [0.4, 0.5) is 5.69 Å². The number of nitrogens with zero attached hydrogens (tertiary/aromatic N) is 1. The molecule has 1 N–H and O–H groups in total. The Hall–Kier alpha value is -1.32. The lowest BCUT2D eigenvalue weighted by atomic mass is 10.0. The molecule has 3 rings (SSSR count). The second-order valence-corrected chi connectivity index (χ2v) is 5.47. The average Bonchev–Trinajstić information content (AvgIpc) is 2.71. The first-order valence-corrected chi connectivity index (χ1v) is 7.18. The number of hydrogen-bond acceptors (Lipinski definition) is 1. The molecular formula is C17H18Cl2N2. The zero-order valence-corrected chi connectivity index (χ0v) is 13.6. The molecule has 0 fully saturated rings. The fourth-order valence-electron chi connectivity index (χ4n) is 2.77. The fraction of sp³-hybridized carbons (Fsp3) is 0.176. The monoisotopic (exact) mass is 320 g/mol. The van der Waals surface area contributed by atoms with E-state index in [0.717, 1.165) is 15.9 Å². The number of nitrogens with one attached hydrogen (secondary N) is 1. The molecule has 1 aliphatic heterocycles. The molecule has 0 aromatic heterocycles. The van der Waals surface area contributed by atoms with E-state index < -0.39 is 0 Å². The molecule has 0 amide bonds. The van der Waals surface area contributed by atoms with Crippen molar-refractivity contribution in [3.63, 3.8) is 0 Å². The van der Waals surface area contributed by atoms with Crippen molar-refractivity contribution in [2.24, 2.45) is 0 Å². The Morgan fingerprint density at radius 3 is 2.05 bits per heavy atom. The van der Waals surface area contributed by atoms with Gasteiger partial charge in [0.1, 0.15) is 0 Å². The summed E-state index contributed by atoms with van der Waals surface area (Å²) >= 11 is 6.70. The summed E-state index contributed by atoms with van der Waals surface area (Å²) in [7, 11) is 2.10. The van der Waals surface area contributed by atoms with Gasteiger partial charge in [-0.1, -0.05) is 48.5 Å². The molecule has 0 saturated heterocycles. The average molecular weight is 321 g/mol. The molecule has 0 bridgehead atoms. The summed E-state index contributed by atoms with van der Waals surface area (Å²) in [6.07, 6.45) is 0. The normalized spacial score (nSPS) is 22.2.